The zero-order valence-corrected chi connectivity index (χ0v) is 16.0. The van der Waals surface area contributed by atoms with Crippen LogP contribution in [0.25, 0.3) is 0 Å². The van der Waals surface area contributed by atoms with E-state index < -0.39 is 11.8 Å². The topological polar surface area (TPSA) is 70.8 Å². The van der Waals surface area contributed by atoms with E-state index >= 15 is 0 Å². The van der Waals surface area contributed by atoms with Crippen LogP contribution in [0.4, 0.5) is 0 Å². The van der Waals surface area contributed by atoms with E-state index in [1.807, 2.05) is 19.1 Å². The van der Waals surface area contributed by atoms with Crippen LogP contribution in [0.5, 0.6) is 0 Å². The Balaban J connectivity index is 1.55. The molecule has 4 rings (SSSR count). The van der Waals surface area contributed by atoms with Crippen LogP contribution in [0.1, 0.15) is 70.9 Å². The molecule has 1 aromatic heterocycles. The number of carbonyl (C=O) groups is 3. The van der Waals surface area contributed by atoms with E-state index in [1.165, 1.54) is 0 Å². The second kappa shape index (κ2) is 7.62. The SMILES string of the molecule is CCc1ccc(C2CCCCCN2C(=O)CN2C(=O)c3ccccc3C2=O)o1. The summed E-state index contributed by atoms with van der Waals surface area (Å²) in [4.78, 5) is 41.2. The highest BCUT2D eigenvalue weighted by Gasteiger charge is 2.38. The lowest BCUT2D eigenvalue weighted by atomic mass is 10.1. The molecular formula is C22H24N2O4. The van der Waals surface area contributed by atoms with Gasteiger partial charge in [0, 0.05) is 13.0 Å². The van der Waals surface area contributed by atoms with Crippen molar-refractivity contribution in [3.05, 3.63) is 59.0 Å². The van der Waals surface area contributed by atoms with E-state index in [1.54, 1.807) is 29.2 Å². The van der Waals surface area contributed by atoms with Crippen LogP contribution in [0.3, 0.4) is 0 Å². The van der Waals surface area contributed by atoms with Gasteiger partial charge in [-0.3, -0.25) is 19.3 Å². The van der Waals surface area contributed by atoms with Crippen molar-refractivity contribution >= 4 is 17.7 Å². The highest BCUT2D eigenvalue weighted by atomic mass is 16.3. The van der Waals surface area contributed by atoms with Crippen LogP contribution in [0, 0.1) is 0 Å². The summed E-state index contributed by atoms with van der Waals surface area (Å²) in [6, 6.07) is 10.5. The summed E-state index contributed by atoms with van der Waals surface area (Å²) in [6.07, 6.45) is 4.60. The van der Waals surface area contributed by atoms with Gasteiger partial charge in [0.15, 0.2) is 0 Å². The first-order valence-corrected chi connectivity index (χ1v) is 9.93. The second-order valence-corrected chi connectivity index (χ2v) is 7.35. The van der Waals surface area contributed by atoms with Gasteiger partial charge in [-0.15, -0.1) is 0 Å². The Labute approximate surface area is 164 Å². The minimum absolute atomic E-state index is 0.148. The fraction of sp³-hybridized carbons (Fsp3) is 0.409. The molecule has 0 aliphatic carbocycles. The molecule has 1 unspecified atom stereocenters. The summed E-state index contributed by atoms with van der Waals surface area (Å²) in [5, 5.41) is 0. The first-order chi connectivity index (χ1) is 13.6. The minimum Gasteiger partial charge on any atom is -0.464 e. The number of benzene rings is 1. The molecule has 3 amide bonds. The molecule has 146 valence electrons. The third-order valence-electron chi connectivity index (χ3n) is 5.60. The zero-order chi connectivity index (χ0) is 19.7. The molecule has 6 nitrogen and oxygen atoms in total. The van der Waals surface area contributed by atoms with Gasteiger partial charge in [0.2, 0.25) is 5.91 Å². The van der Waals surface area contributed by atoms with E-state index in [0.29, 0.717) is 17.7 Å². The van der Waals surface area contributed by atoms with Gasteiger partial charge in [-0.1, -0.05) is 31.9 Å². The Bertz CT molecular complexity index is 882. The predicted molar refractivity (Wildman–Crippen MR) is 103 cm³/mol. The maximum Gasteiger partial charge on any atom is 0.262 e. The number of aryl methyl sites for hydroxylation is 1. The van der Waals surface area contributed by atoms with Gasteiger partial charge >= 0.3 is 0 Å². The lowest BCUT2D eigenvalue weighted by molar-refractivity contribution is -0.134. The van der Waals surface area contributed by atoms with Crippen LogP contribution in [-0.2, 0) is 11.2 Å². The van der Waals surface area contributed by atoms with Gasteiger partial charge in [0.1, 0.15) is 18.1 Å². The number of likely N-dealkylation sites (tertiary alicyclic amines) is 1. The maximum absolute atomic E-state index is 13.1. The molecule has 0 radical (unpaired) electrons. The van der Waals surface area contributed by atoms with Gasteiger partial charge in [-0.2, -0.15) is 0 Å². The van der Waals surface area contributed by atoms with Gasteiger partial charge in [0.05, 0.1) is 17.2 Å². The Morgan fingerprint density at radius 2 is 1.75 bits per heavy atom. The molecule has 28 heavy (non-hydrogen) atoms. The summed E-state index contributed by atoms with van der Waals surface area (Å²) in [6.45, 7) is 2.40. The van der Waals surface area contributed by atoms with Crippen LogP contribution < -0.4 is 0 Å². The Morgan fingerprint density at radius 1 is 1.04 bits per heavy atom. The lowest BCUT2D eigenvalue weighted by Gasteiger charge is -2.30. The number of hydrogen-bond donors (Lipinski definition) is 0. The fourth-order valence-corrected chi connectivity index (χ4v) is 4.08. The molecule has 0 N–H and O–H groups in total. The Hall–Kier alpha value is -2.89. The molecule has 3 heterocycles. The van der Waals surface area contributed by atoms with Crippen LogP contribution in [0.2, 0.25) is 0 Å². The van der Waals surface area contributed by atoms with E-state index in [4.69, 9.17) is 4.42 Å². The van der Waals surface area contributed by atoms with E-state index in [-0.39, 0.29) is 18.5 Å². The lowest BCUT2D eigenvalue weighted by Crippen LogP contribution is -2.44. The van der Waals surface area contributed by atoms with Crippen molar-refractivity contribution in [3.8, 4) is 0 Å². The van der Waals surface area contributed by atoms with Gasteiger partial charge in [-0.25, -0.2) is 0 Å². The Kier molecular flexibility index (Phi) is 5.03. The van der Waals surface area contributed by atoms with E-state index in [2.05, 4.69) is 0 Å². The average molecular weight is 380 g/mol. The maximum atomic E-state index is 13.1. The van der Waals surface area contributed by atoms with Crippen LogP contribution in [-0.4, -0.2) is 40.6 Å². The first kappa shape index (κ1) is 18.5. The highest BCUT2D eigenvalue weighted by Crippen LogP contribution is 2.32. The number of nitrogens with zero attached hydrogens (tertiary/aromatic N) is 2. The molecule has 6 heteroatoms. The normalized spacial score (nSPS) is 19.7. The summed E-state index contributed by atoms with van der Waals surface area (Å²) >= 11 is 0. The van der Waals surface area contributed by atoms with Crippen molar-refractivity contribution in [1.29, 1.82) is 0 Å². The minimum atomic E-state index is -0.397. The molecule has 2 aromatic rings. The number of rotatable bonds is 4. The second-order valence-electron chi connectivity index (χ2n) is 7.35. The molecule has 1 saturated heterocycles. The number of imide groups is 1. The molecular weight excluding hydrogens is 356 g/mol. The predicted octanol–water partition coefficient (Wildman–Crippen LogP) is 3.58. The van der Waals surface area contributed by atoms with Crippen molar-refractivity contribution in [2.24, 2.45) is 0 Å². The molecule has 1 atom stereocenters. The van der Waals surface area contributed by atoms with Crippen molar-refractivity contribution in [1.82, 2.24) is 9.80 Å². The summed E-state index contributed by atoms with van der Waals surface area (Å²) in [5.74, 6) is 0.676. The first-order valence-electron chi connectivity index (χ1n) is 9.93. The number of fused-ring (bicyclic) bond motifs is 1. The standard InChI is InChI=1S/C22H24N2O4/c1-2-15-11-12-19(28-15)18-10-4-3-7-13-23(18)20(25)14-24-21(26)16-8-5-6-9-17(16)22(24)27/h5-6,8-9,11-12,18H,2-4,7,10,13-14H2,1H3. The molecule has 0 spiro atoms. The molecule has 1 fully saturated rings. The van der Waals surface area contributed by atoms with E-state index in [0.717, 1.165) is 48.5 Å². The number of furan rings is 1. The largest absolute Gasteiger partial charge is 0.464 e. The number of amides is 3. The summed E-state index contributed by atoms with van der Waals surface area (Å²) in [5.41, 5.74) is 0.734. The monoisotopic (exact) mass is 380 g/mol. The molecule has 2 aliphatic rings. The van der Waals surface area contributed by atoms with Gasteiger partial charge in [0.25, 0.3) is 11.8 Å². The smallest absolute Gasteiger partial charge is 0.262 e. The fourth-order valence-electron chi connectivity index (χ4n) is 4.08. The summed E-state index contributed by atoms with van der Waals surface area (Å²) in [7, 11) is 0. The molecule has 0 saturated carbocycles. The van der Waals surface area contributed by atoms with Crippen molar-refractivity contribution < 1.29 is 18.8 Å². The third-order valence-corrected chi connectivity index (χ3v) is 5.60. The van der Waals surface area contributed by atoms with Crippen LogP contribution >= 0.6 is 0 Å². The molecule has 0 bridgehead atoms. The summed E-state index contributed by atoms with van der Waals surface area (Å²) < 4.78 is 5.93. The molecule has 2 aliphatic heterocycles. The van der Waals surface area contributed by atoms with Crippen LogP contribution in [0.15, 0.2) is 40.8 Å². The Morgan fingerprint density at radius 3 is 2.39 bits per heavy atom. The average Bonchev–Trinajstić information content (AvgIpc) is 3.17. The quantitative estimate of drug-likeness (QED) is 0.760. The zero-order valence-electron chi connectivity index (χ0n) is 16.0. The van der Waals surface area contributed by atoms with Crippen molar-refractivity contribution in [3.63, 3.8) is 0 Å². The van der Waals surface area contributed by atoms with Crippen molar-refractivity contribution in [2.75, 3.05) is 13.1 Å². The number of carbonyl (C=O) groups excluding carboxylic acids is 3. The van der Waals surface area contributed by atoms with Gasteiger partial charge < -0.3 is 9.32 Å². The third kappa shape index (κ3) is 3.23. The van der Waals surface area contributed by atoms with Gasteiger partial charge in [-0.05, 0) is 37.1 Å². The van der Waals surface area contributed by atoms with Crippen molar-refractivity contribution in [2.45, 2.75) is 45.1 Å². The molecule has 1 aromatic carbocycles. The van der Waals surface area contributed by atoms with E-state index in [9.17, 15) is 14.4 Å². The number of hydrogen-bond acceptors (Lipinski definition) is 4. The highest BCUT2D eigenvalue weighted by molar-refractivity contribution is 6.22.